The SMILES string of the molecule is Cc1ccc(C(=O)N2CCC3(CC2)C[C@@H](C(=O)O)N(C)C3)cc1F. The largest absolute Gasteiger partial charge is 0.480 e. The first-order valence-corrected chi connectivity index (χ1v) is 8.30. The van der Waals surface area contributed by atoms with Crippen molar-refractivity contribution in [1.82, 2.24) is 9.80 Å². The van der Waals surface area contributed by atoms with Gasteiger partial charge in [0.1, 0.15) is 11.9 Å². The lowest BCUT2D eigenvalue weighted by Crippen LogP contribution is -2.44. The van der Waals surface area contributed by atoms with E-state index in [0.717, 1.165) is 19.4 Å². The van der Waals surface area contributed by atoms with E-state index in [0.29, 0.717) is 30.6 Å². The summed E-state index contributed by atoms with van der Waals surface area (Å²) in [6.45, 7) is 3.61. The number of likely N-dealkylation sites (tertiary alicyclic amines) is 2. The third-order valence-electron chi connectivity index (χ3n) is 5.56. The first kappa shape index (κ1) is 16.9. The van der Waals surface area contributed by atoms with Crippen LogP contribution in [0.1, 0.15) is 35.2 Å². The maximum absolute atomic E-state index is 13.7. The molecule has 2 saturated heterocycles. The number of piperidine rings is 1. The second-order valence-electron chi connectivity index (χ2n) is 7.23. The summed E-state index contributed by atoms with van der Waals surface area (Å²) in [6.07, 6.45) is 2.22. The normalized spacial score (nSPS) is 23.6. The number of nitrogens with zero attached hydrogens (tertiary/aromatic N) is 2. The molecule has 1 aromatic carbocycles. The van der Waals surface area contributed by atoms with E-state index in [1.54, 1.807) is 24.0 Å². The van der Waals surface area contributed by atoms with Gasteiger partial charge in [-0.15, -0.1) is 0 Å². The molecule has 0 saturated carbocycles. The highest BCUT2D eigenvalue weighted by atomic mass is 19.1. The third kappa shape index (κ3) is 3.02. The van der Waals surface area contributed by atoms with E-state index in [1.165, 1.54) is 6.07 Å². The molecule has 2 heterocycles. The Hall–Kier alpha value is -1.95. The highest BCUT2D eigenvalue weighted by molar-refractivity contribution is 5.94. The van der Waals surface area contributed by atoms with Gasteiger partial charge in [0.25, 0.3) is 5.91 Å². The monoisotopic (exact) mass is 334 g/mol. The lowest BCUT2D eigenvalue weighted by atomic mass is 9.76. The van der Waals surface area contributed by atoms with Crippen LogP contribution in [-0.2, 0) is 4.79 Å². The van der Waals surface area contributed by atoms with Gasteiger partial charge in [-0.25, -0.2) is 4.39 Å². The van der Waals surface area contributed by atoms with Crippen LogP contribution < -0.4 is 0 Å². The molecule has 2 aliphatic heterocycles. The molecule has 130 valence electrons. The molecule has 0 bridgehead atoms. The second-order valence-corrected chi connectivity index (χ2v) is 7.23. The van der Waals surface area contributed by atoms with Gasteiger partial charge in [-0.1, -0.05) is 6.07 Å². The summed E-state index contributed by atoms with van der Waals surface area (Å²) in [7, 11) is 1.85. The van der Waals surface area contributed by atoms with Crippen molar-refractivity contribution in [2.24, 2.45) is 5.41 Å². The topological polar surface area (TPSA) is 60.9 Å². The van der Waals surface area contributed by atoms with Crippen LogP contribution in [0.4, 0.5) is 4.39 Å². The van der Waals surface area contributed by atoms with Gasteiger partial charge in [-0.05, 0) is 56.3 Å². The van der Waals surface area contributed by atoms with Crippen LogP contribution in [0.15, 0.2) is 18.2 Å². The molecule has 1 spiro atoms. The Bertz CT molecular complexity index is 668. The van der Waals surface area contributed by atoms with Crippen molar-refractivity contribution in [2.75, 3.05) is 26.7 Å². The number of likely N-dealkylation sites (N-methyl/N-ethyl adjacent to an activating group) is 1. The van der Waals surface area contributed by atoms with Gasteiger partial charge in [0.2, 0.25) is 0 Å². The predicted molar refractivity (Wildman–Crippen MR) is 87.4 cm³/mol. The van der Waals surface area contributed by atoms with Crippen LogP contribution in [0.2, 0.25) is 0 Å². The predicted octanol–water partition coefficient (Wildman–Crippen LogP) is 2.15. The number of carboxylic acids is 1. The second kappa shape index (κ2) is 6.16. The number of carbonyl (C=O) groups is 2. The molecule has 1 amide bonds. The quantitative estimate of drug-likeness (QED) is 0.900. The summed E-state index contributed by atoms with van der Waals surface area (Å²) in [6, 6.07) is 4.15. The third-order valence-corrected chi connectivity index (χ3v) is 5.56. The van der Waals surface area contributed by atoms with Crippen LogP contribution in [0.5, 0.6) is 0 Å². The van der Waals surface area contributed by atoms with Gasteiger partial charge in [0.15, 0.2) is 0 Å². The zero-order chi connectivity index (χ0) is 17.5. The Morgan fingerprint density at radius 3 is 2.50 bits per heavy atom. The Labute approximate surface area is 141 Å². The number of halogens is 1. The lowest BCUT2D eigenvalue weighted by molar-refractivity contribution is -0.141. The van der Waals surface area contributed by atoms with E-state index < -0.39 is 12.0 Å². The summed E-state index contributed by atoms with van der Waals surface area (Å²) >= 11 is 0. The minimum absolute atomic E-state index is 0.0207. The Morgan fingerprint density at radius 2 is 1.96 bits per heavy atom. The average molecular weight is 334 g/mol. The van der Waals surface area contributed by atoms with Crippen molar-refractivity contribution < 1.29 is 19.1 Å². The van der Waals surface area contributed by atoms with Crippen molar-refractivity contribution in [3.63, 3.8) is 0 Å². The molecule has 1 N–H and O–H groups in total. The first-order chi connectivity index (χ1) is 11.3. The molecule has 0 aromatic heterocycles. The minimum Gasteiger partial charge on any atom is -0.480 e. The van der Waals surface area contributed by atoms with Gasteiger partial charge in [-0.3, -0.25) is 14.5 Å². The van der Waals surface area contributed by atoms with Crippen LogP contribution in [-0.4, -0.2) is 59.5 Å². The van der Waals surface area contributed by atoms with E-state index >= 15 is 0 Å². The number of amides is 1. The van der Waals surface area contributed by atoms with Gasteiger partial charge < -0.3 is 10.0 Å². The van der Waals surface area contributed by atoms with E-state index in [9.17, 15) is 19.1 Å². The average Bonchev–Trinajstić information content (AvgIpc) is 2.87. The molecular formula is C18H23FN2O3. The molecule has 1 aromatic rings. The van der Waals surface area contributed by atoms with Crippen molar-refractivity contribution >= 4 is 11.9 Å². The Morgan fingerprint density at radius 1 is 1.29 bits per heavy atom. The summed E-state index contributed by atoms with van der Waals surface area (Å²) in [5, 5.41) is 9.29. The number of hydrogen-bond donors (Lipinski definition) is 1. The summed E-state index contributed by atoms with van der Waals surface area (Å²) in [5.74, 6) is -1.29. The molecule has 2 aliphatic rings. The minimum atomic E-state index is -0.775. The molecule has 24 heavy (non-hydrogen) atoms. The number of benzene rings is 1. The smallest absolute Gasteiger partial charge is 0.320 e. The molecule has 3 rings (SSSR count). The number of aliphatic carboxylic acids is 1. The number of hydrogen-bond acceptors (Lipinski definition) is 3. The molecule has 0 aliphatic carbocycles. The maximum Gasteiger partial charge on any atom is 0.320 e. The Balaban J connectivity index is 1.66. The van der Waals surface area contributed by atoms with E-state index in [2.05, 4.69) is 0 Å². The van der Waals surface area contributed by atoms with Crippen molar-refractivity contribution in [1.29, 1.82) is 0 Å². The number of rotatable bonds is 2. The van der Waals surface area contributed by atoms with Crippen LogP contribution in [0.25, 0.3) is 0 Å². The molecule has 1 atom stereocenters. The van der Waals surface area contributed by atoms with Crippen molar-refractivity contribution in [2.45, 2.75) is 32.2 Å². The molecule has 0 unspecified atom stereocenters. The van der Waals surface area contributed by atoms with Gasteiger partial charge in [0, 0.05) is 25.2 Å². The summed E-state index contributed by atoms with van der Waals surface area (Å²) in [4.78, 5) is 27.5. The van der Waals surface area contributed by atoms with Gasteiger partial charge in [0.05, 0.1) is 0 Å². The lowest BCUT2D eigenvalue weighted by Gasteiger charge is -2.39. The van der Waals surface area contributed by atoms with Gasteiger partial charge >= 0.3 is 5.97 Å². The van der Waals surface area contributed by atoms with Crippen molar-refractivity contribution in [3.05, 3.63) is 35.1 Å². The van der Waals surface area contributed by atoms with E-state index in [1.807, 2.05) is 11.9 Å². The fourth-order valence-corrected chi connectivity index (χ4v) is 4.00. The standard InChI is InChI=1S/C18H23FN2O3/c1-12-3-4-13(9-14(12)19)16(22)21-7-5-18(6-8-21)10-15(17(23)24)20(2)11-18/h3-4,9,15H,5-8,10-11H2,1-2H3,(H,23,24)/t15-/m0/s1. The Kier molecular flexibility index (Phi) is 4.34. The maximum atomic E-state index is 13.7. The highest BCUT2D eigenvalue weighted by Gasteiger charge is 2.47. The van der Waals surface area contributed by atoms with Gasteiger partial charge in [-0.2, -0.15) is 0 Å². The first-order valence-electron chi connectivity index (χ1n) is 8.30. The van der Waals surface area contributed by atoms with E-state index in [4.69, 9.17) is 0 Å². The molecule has 5 nitrogen and oxygen atoms in total. The van der Waals surface area contributed by atoms with Crippen LogP contribution in [0.3, 0.4) is 0 Å². The number of aryl methyl sites for hydroxylation is 1. The summed E-state index contributed by atoms with van der Waals surface area (Å²) in [5.41, 5.74) is 0.881. The zero-order valence-electron chi connectivity index (χ0n) is 14.1. The zero-order valence-corrected chi connectivity index (χ0v) is 14.1. The van der Waals surface area contributed by atoms with Crippen LogP contribution >= 0.6 is 0 Å². The molecule has 2 fully saturated rings. The fourth-order valence-electron chi connectivity index (χ4n) is 4.00. The molecule has 6 heteroatoms. The fraction of sp³-hybridized carbons (Fsp3) is 0.556. The van der Waals surface area contributed by atoms with E-state index in [-0.39, 0.29) is 17.1 Å². The number of carboxylic acid groups (broad SMARTS) is 1. The summed E-state index contributed by atoms with van der Waals surface area (Å²) < 4.78 is 13.7. The highest BCUT2D eigenvalue weighted by Crippen LogP contribution is 2.43. The van der Waals surface area contributed by atoms with Crippen molar-refractivity contribution in [3.8, 4) is 0 Å². The molecule has 0 radical (unpaired) electrons. The van der Waals surface area contributed by atoms with Crippen LogP contribution in [0, 0.1) is 18.2 Å². The molecular weight excluding hydrogens is 311 g/mol. The number of carbonyl (C=O) groups excluding carboxylic acids is 1.